The Labute approximate surface area is 206 Å². The molecular weight excluding hydrogens is 470 g/mol. The van der Waals surface area contributed by atoms with Crippen molar-refractivity contribution >= 4 is 38.4 Å². The van der Waals surface area contributed by atoms with Gasteiger partial charge in [-0.3, -0.25) is 4.79 Å². The molecule has 1 aromatic heterocycles. The van der Waals surface area contributed by atoms with Crippen LogP contribution in [0, 0.1) is 19.3 Å². The summed E-state index contributed by atoms with van der Waals surface area (Å²) in [5.74, 6) is 0.0447. The Hall–Kier alpha value is -2.35. The smallest absolute Gasteiger partial charge is 0.270 e. The predicted octanol–water partition coefficient (Wildman–Crippen LogP) is 4.77. The van der Waals surface area contributed by atoms with Gasteiger partial charge in [-0.25, -0.2) is 8.42 Å². The number of amides is 1. The molecule has 2 aliphatic heterocycles. The van der Waals surface area contributed by atoms with E-state index in [-0.39, 0.29) is 11.3 Å². The molecule has 0 saturated carbocycles. The van der Waals surface area contributed by atoms with E-state index in [0.717, 1.165) is 35.7 Å². The van der Waals surface area contributed by atoms with Crippen molar-refractivity contribution in [3.8, 4) is 0 Å². The SMILES string of the molecule is Cc1cc(S(=O)(=O)N2CCC3(CCN(C(=O)c4cc5ccccc5n4C)CC3)C2)c(C)cc1Cl. The first-order chi connectivity index (χ1) is 16.1. The quantitative estimate of drug-likeness (QED) is 0.521. The van der Waals surface area contributed by atoms with Gasteiger partial charge in [0.15, 0.2) is 0 Å². The van der Waals surface area contributed by atoms with E-state index in [1.54, 1.807) is 23.4 Å². The van der Waals surface area contributed by atoms with Gasteiger partial charge >= 0.3 is 0 Å². The lowest BCUT2D eigenvalue weighted by atomic mass is 9.78. The molecule has 6 nitrogen and oxygen atoms in total. The van der Waals surface area contributed by atoms with E-state index in [1.165, 1.54) is 0 Å². The fourth-order valence-electron chi connectivity index (χ4n) is 5.52. The lowest BCUT2D eigenvalue weighted by Crippen LogP contribution is -2.45. The molecule has 2 aromatic carbocycles. The molecule has 180 valence electrons. The average Bonchev–Trinajstić information content (AvgIpc) is 3.38. The van der Waals surface area contributed by atoms with E-state index >= 15 is 0 Å². The van der Waals surface area contributed by atoms with Crippen LogP contribution in [0.5, 0.6) is 0 Å². The number of aromatic nitrogens is 1. The molecule has 0 bridgehead atoms. The Morgan fingerprint density at radius 2 is 1.65 bits per heavy atom. The van der Waals surface area contributed by atoms with Crippen LogP contribution in [-0.2, 0) is 17.1 Å². The molecule has 0 N–H and O–H groups in total. The molecule has 1 amide bonds. The van der Waals surface area contributed by atoms with Gasteiger partial charge < -0.3 is 9.47 Å². The second-order valence-electron chi connectivity index (χ2n) is 9.90. The highest BCUT2D eigenvalue weighted by Crippen LogP contribution is 2.43. The molecule has 8 heteroatoms. The number of benzene rings is 2. The van der Waals surface area contributed by atoms with Crippen molar-refractivity contribution in [2.45, 2.75) is 38.0 Å². The van der Waals surface area contributed by atoms with Crippen LogP contribution in [-0.4, -0.2) is 54.3 Å². The monoisotopic (exact) mass is 499 g/mol. The topological polar surface area (TPSA) is 62.6 Å². The summed E-state index contributed by atoms with van der Waals surface area (Å²) in [5.41, 5.74) is 3.11. The van der Waals surface area contributed by atoms with Crippen LogP contribution < -0.4 is 0 Å². The first kappa shape index (κ1) is 23.4. The summed E-state index contributed by atoms with van der Waals surface area (Å²) in [7, 11) is -1.65. The zero-order chi connectivity index (χ0) is 24.3. The van der Waals surface area contributed by atoms with Crippen LogP contribution in [0.3, 0.4) is 0 Å². The Kier molecular flexibility index (Phi) is 5.78. The number of carbonyl (C=O) groups excluding carboxylic acids is 1. The van der Waals surface area contributed by atoms with Crippen molar-refractivity contribution in [2.75, 3.05) is 26.2 Å². The maximum absolute atomic E-state index is 13.4. The van der Waals surface area contributed by atoms with Crippen LogP contribution >= 0.6 is 11.6 Å². The molecule has 2 aliphatic rings. The van der Waals surface area contributed by atoms with Gasteiger partial charge in [0.1, 0.15) is 5.69 Å². The van der Waals surface area contributed by atoms with Crippen LogP contribution in [0.4, 0.5) is 0 Å². The first-order valence-corrected chi connectivity index (χ1v) is 13.5. The number of nitrogens with zero attached hydrogens (tertiary/aromatic N) is 3. The first-order valence-electron chi connectivity index (χ1n) is 11.7. The molecule has 34 heavy (non-hydrogen) atoms. The molecule has 0 radical (unpaired) electrons. The van der Waals surface area contributed by atoms with Crippen molar-refractivity contribution in [2.24, 2.45) is 12.5 Å². The van der Waals surface area contributed by atoms with Crippen LogP contribution in [0.1, 0.15) is 40.9 Å². The molecule has 3 heterocycles. The third-order valence-corrected chi connectivity index (χ3v) is 10.2. The molecule has 0 atom stereocenters. The number of piperidine rings is 1. The van der Waals surface area contributed by atoms with E-state index in [2.05, 4.69) is 0 Å². The van der Waals surface area contributed by atoms with Gasteiger partial charge in [-0.05, 0) is 73.9 Å². The van der Waals surface area contributed by atoms with E-state index in [1.807, 2.05) is 53.8 Å². The van der Waals surface area contributed by atoms with E-state index in [0.29, 0.717) is 47.4 Å². The predicted molar refractivity (Wildman–Crippen MR) is 135 cm³/mol. The summed E-state index contributed by atoms with van der Waals surface area (Å²) >= 11 is 6.19. The zero-order valence-electron chi connectivity index (χ0n) is 19.8. The number of halogens is 1. The summed E-state index contributed by atoms with van der Waals surface area (Å²) in [5, 5.41) is 1.64. The normalized spacial score (nSPS) is 18.8. The maximum Gasteiger partial charge on any atom is 0.270 e. The van der Waals surface area contributed by atoms with E-state index in [9.17, 15) is 13.2 Å². The average molecular weight is 500 g/mol. The Morgan fingerprint density at radius 3 is 2.35 bits per heavy atom. The Morgan fingerprint density at radius 1 is 0.971 bits per heavy atom. The molecule has 3 aromatic rings. The molecule has 0 aliphatic carbocycles. The number of carbonyl (C=O) groups is 1. The molecule has 0 unspecified atom stereocenters. The van der Waals surface area contributed by atoms with Gasteiger partial charge in [0.05, 0.1) is 4.90 Å². The molecule has 5 rings (SSSR count). The summed E-state index contributed by atoms with van der Waals surface area (Å²) in [6.07, 6.45) is 2.45. The third kappa shape index (κ3) is 3.84. The Bertz CT molecular complexity index is 1390. The number of fused-ring (bicyclic) bond motifs is 1. The second-order valence-corrected chi connectivity index (χ2v) is 12.2. The fourth-order valence-corrected chi connectivity index (χ4v) is 7.58. The van der Waals surface area contributed by atoms with Gasteiger partial charge in [-0.15, -0.1) is 0 Å². The summed E-state index contributed by atoms with van der Waals surface area (Å²) in [4.78, 5) is 15.5. The van der Waals surface area contributed by atoms with Gasteiger partial charge in [-0.1, -0.05) is 29.8 Å². The third-order valence-electron chi connectivity index (χ3n) is 7.76. The highest BCUT2D eigenvalue weighted by Gasteiger charge is 2.45. The Balaban J connectivity index is 1.30. The van der Waals surface area contributed by atoms with Crippen LogP contribution in [0.2, 0.25) is 5.02 Å². The molecule has 1 spiro atoms. The maximum atomic E-state index is 13.4. The fraction of sp³-hybridized carbons (Fsp3) is 0.423. The largest absolute Gasteiger partial charge is 0.340 e. The number of hydrogen-bond donors (Lipinski definition) is 0. The molecule has 2 saturated heterocycles. The highest BCUT2D eigenvalue weighted by atomic mass is 35.5. The van der Waals surface area contributed by atoms with E-state index < -0.39 is 10.0 Å². The molecule has 2 fully saturated rings. The lowest BCUT2D eigenvalue weighted by molar-refractivity contribution is 0.0591. The van der Waals surface area contributed by atoms with Crippen LogP contribution in [0.15, 0.2) is 47.4 Å². The van der Waals surface area contributed by atoms with Gasteiger partial charge in [0.25, 0.3) is 5.91 Å². The standard InChI is InChI=1S/C26H30ClN3O3S/c1-18-15-24(19(2)14-21(18)27)34(32,33)30-13-10-26(17-30)8-11-29(12-9-26)25(31)23-16-20-6-4-5-7-22(20)28(23)3/h4-7,14-16H,8-13,17H2,1-3H3. The summed E-state index contributed by atoms with van der Waals surface area (Å²) in [6.45, 7) is 5.93. The van der Waals surface area contributed by atoms with Crippen molar-refractivity contribution in [3.05, 3.63) is 64.3 Å². The zero-order valence-corrected chi connectivity index (χ0v) is 21.4. The van der Waals surface area contributed by atoms with Crippen molar-refractivity contribution in [1.82, 2.24) is 13.8 Å². The van der Waals surface area contributed by atoms with Gasteiger partial charge in [0, 0.05) is 49.2 Å². The minimum absolute atomic E-state index is 0.0447. The van der Waals surface area contributed by atoms with Crippen LogP contribution in [0.25, 0.3) is 10.9 Å². The number of hydrogen-bond acceptors (Lipinski definition) is 3. The lowest BCUT2D eigenvalue weighted by Gasteiger charge is -2.39. The number of aryl methyl sites for hydroxylation is 3. The van der Waals surface area contributed by atoms with Crippen molar-refractivity contribution < 1.29 is 13.2 Å². The van der Waals surface area contributed by atoms with Crippen molar-refractivity contribution in [1.29, 1.82) is 0 Å². The summed E-state index contributed by atoms with van der Waals surface area (Å²) in [6, 6.07) is 13.4. The number of para-hydroxylation sites is 1. The van der Waals surface area contributed by atoms with Gasteiger partial charge in [-0.2, -0.15) is 4.31 Å². The van der Waals surface area contributed by atoms with Crippen molar-refractivity contribution in [3.63, 3.8) is 0 Å². The molecular formula is C26H30ClN3O3S. The number of sulfonamides is 1. The number of rotatable bonds is 3. The summed E-state index contributed by atoms with van der Waals surface area (Å²) < 4.78 is 30.5. The number of likely N-dealkylation sites (tertiary alicyclic amines) is 1. The minimum Gasteiger partial charge on any atom is -0.340 e. The highest BCUT2D eigenvalue weighted by molar-refractivity contribution is 7.89. The minimum atomic E-state index is -3.59. The van der Waals surface area contributed by atoms with E-state index in [4.69, 9.17) is 11.6 Å². The van der Waals surface area contributed by atoms with Gasteiger partial charge in [0.2, 0.25) is 10.0 Å². The second kappa shape index (κ2) is 8.40.